The summed E-state index contributed by atoms with van der Waals surface area (Å²) in [7, 11) is 0. The molecule has 0 spiro atoms. The molecule has 1 aliphatic carbocycles. The molecule has 6 nitrogen and oxygen atoms in total. The molecule has 2 atom stereocenters. The maximum atomic E-state index is 5.46. The lowest BCUT2D eigenvalue weighted by Crippen LogP contribution is -2.36. The van der Waals surface area contributed by atoms with Crippen LogP contribution < -0.4 is 9.80 Å². The number of fused-ring (bicyclic) bond motifs is 2. The SMILES string of the molecule is c1nc(N2CCC3CCCCC32)c2sc(N3CCOCC3)nc2n1. The smallest absolute Gasteiger partial charge is 0.188 e. The molecule has 0 N–H and O–H groups in total. The maximum Gasteiger partial charge on any atom is 0.188 e. The Hall–Kier alpha value is -1.47. The van der Waals surface area contributed by atoms with Crippen LogP contribution in [0.15, 0.2) is 6.33 Å². The van der Waals surface area contributed by atoms with Gasteiger partial charge in [-0.1, -0.05) is 24.2 Å². The fourth-order valence-electron chi connectivity index (χ4n) is 4.49. The van der Waals surface area contributed by atoms with E-state index >= 15 is 0 Å². The van der Waals surface area contributed by atoms with E-state index in [0.717, 1.165) is 60.1 Å². The molecule has 2 aromatic heterocycles. The van der Waals surface area contributed by atoms with Crippen LogP contribution in [0.1, 0.15) is 32.1 Å². The molecule has 24 heavy (non-hydrogen) atoms. The van der Waals surface area contributed by atoms with Gasteiger partial charge in [-0.15, -0.1) is 0 Å². The van der Waals surface area contributed by atoms with Crippen LogP contribution >= 0.6 is 11.3 Å². The third-order valence-electron chi connectivity index (χ3n) is 5.72. The molecule has 1 saturated carbocycles. The van der Waals surface area contributed by atoms with Crippen molar-refractivity contribution in [2.24, 2.45) is 5.92 Å². The summed E-state index contributed by atoms with van der Waals surface area (Å²) in [6.45, 7) is 4.52. The number of aromatic nitrogens is 3. The Bertz CT molecular complexity index is 729. The monoisotopic (exact) mass is 345 g/mol. The second-order valence-corrected chi connectivity index (χ2v) is 8.02. The molecule has 2 unspecified atom stereocenters. The lowest BCUT2D eigenvalue weighted by molar-refractivity contribution is 0.122. The van der Waals surface area contributed by atoms with Gasteiger partial charge in [0.05, 0.1) is 13.2 Å². The van der Waals surface area contributed by atoms with Gasteiger partial charge in [-0.3, -0.25) is 0 Å². The van der Waals surface area contributed by atoms with Crippen LogP contribution in [0.2, 0.25) is 0 Å². The maximum absolute atomic E-state index is 5.46. The van der Waals surface area contributed by atoms with Crippen molar-refractivity contribution >= 4 is 32.6 Å². The summed E-state index contributed by atoms with van der Waals surface area (Å²) < 4.78 is 6.62. The second kappa shape index (κ2) is 6.11. The Balaban J connectivity index is 1.50. The highest BCUT2D eigenvalue weighted by molar-refractivity contribution is 7.22. The van der Waals surface area contributed by atoms with Gasteiger partial charge < -0.3 is 14.5 Å². The van der Waals surface area contributed by atoms with Crippen LogP contribution in [0, 0.1) is 5.92 Å². The molecule has 0 aromatic carbocycles. The number of hydrogen-bond acceptors (Lipinski definition) is 7. The van der Waals surface area contributed by atoms with Crippen LogP contribution in [0.4, 0.5) is 10.9 Å². The highest BCUT2D eigenvalue weighted by Crippen LogP contribution is 2.42. The van der Waals surface area contributed by atoms with Crippen molar-refractivity contribution in [1.29, 1.82) is 0 Å². The number of thiazole rings is 1. The first kappa shape index (κ1) is 14.8. The third kappa shape index (κ3) is 2.45. The van der Waals surface area contributed by atoms with Crippen LogP contribution in [0.25, 0.3) is 10.3 Å². The summed E-state index contributed by atoms with van der Waals surface area (Å²) in [5, 5.41) is 1.06. The van der Waals surface area contributed by atoms with Crippen LogP contribution in [-0.4, -0.2) is 53.8 Å². The molecule has 3 fully saturated rings. The molecule has 5 rings (SSSR count). The summed E-state index contributed by atoms with van der Waals surface area (Å²) >= 11 is 1.75. The predicted octanol–water partition coefficient (Wildman–Crippen LogP) is 2.69. The molecule has 7 heteroatoms. The number of anilines is 2. The van der Waals surface area contributed by atoms with E-state index in [1.807, 2.05) is 0 Å². The molecule has 2 aromatic rings. The van der Waals surface area contributed by atoms with E-state index in [9.17, 15) is 0 Å². The molecule has 4 heterocycles. The summed E-state index contributed by atoms with van der Waals surface area (Å²) in [6, 6.07) is 0.672. The first-order chi connectivity index (χ1) is 11.9. The standard InChI is InChI=1S/C17H23N5OS/c1-2-4-13-12(3-1)5-6-22(13)16-14-15(18-11-19-16)20-17(24-14)21-7-9-23-10-8-21/h11-13H,1-10H2. The summed E-state index contributed by atoms with van der Waals surface area (Å²) in [5.74, 6) is 1.97. The van der Waals surface area contributed by atoms with Crippen molar-refractivity contribution in [2.45, 2.75) is 38.1 Å². The van der Waals surface area contributed by atoms with Crippen molar-refractivity contribution in [1.82, 2.24) is 15.0 Å². The minimum atomic E-state index is 0.672. The van der Waals surface area contributed by atoms with Crippen molar-refractivity contribution in [3.8, 4) is 0 Å². The Kier molecular flexibility index (Phi) is 3.78. The molecular formula is C17H23N5OS. The van der Waals surface area contributed by atoms with Gasteiger partial charge in [0.15, 0.2) is 16.6 Å². The minimum Gasteiger partial charge on any atom is -0.378 e. The third-order valence-corrected chi connectivity index (χ3v) is 6.83. The van der Waals surface area contributed by atoms with Crippen molar-refractivity contribution in [3.05, 3.63) is 6.33 Å². The van der Waals surface area contributed by atoms with E-state index in [2.05, 4.69) is 19.8 Å². The zero-order valence-electron chi connectivity index (χ0n) is 13.9. The molecular weight excluding hydrogens is 322 g/mol. The minimum absolute atomic E-state index is 0.672. The zero-order chi connectivity index (χ0) is 15.9. The second-order valence-electron chi connectivity index (χ2n) is 7.04. The van der Waals surface area contributed by atoms with Gasteiger partial charge in [-0.25, -0.2) is 9.97 Å². The highest BCUT2D eigenvalue weighted by Gasteiger charge is 2.37. The van der Waals surface area contributed by atoms with Gasteiger partial charge in [-0.05, 0) is 25.2 Å². The molecule has 128 valence electrons. The number of hydrogen-bond donors (Lipinski definition) is 0. The molecule has 3 aliphatic rings. The lowest BCUT2D eigenvalue weighted by Gasteiger charge is -2.32. The summed E-state index contributed by atoms with van der Waals surface area (Å²) in [5.41, 5.74) is 0.853. The van der Waals surface area contributed by atoms with Crippen LogP contribution in [0.3, 0.4) is 0 Å². The van der Waals surface area contributed by atoms with Gasteiger partial charge >= 0.3 is 0 Å². The zero-order valence-corrected chi connectivity index (χ0v) is 14.7. The average Bonchev–Trinajstić information content (AvgIpc) is 3.26. The van der Waals surface area contributed by atoms with Gasteiger partial charge in [0.2, 0.25) is 0 Å². The number of morpholine rings is 1. The number of ether oxygens (including phenoxy) is 1. The lowest BCUT2D eigenvalue weighted by atomic mass is 9.85. The molecule has 0 radical (unpaired) electrons. The Morgan fingerprint density at radius 1 is 1.04 bits per heavy atom. The van der Waals surface area contributed by atoms with E-state index in [-0.39, 0.29) is 0 Å². The van der Waals surface area contributed by atoms with Gasteiger partial charge in [0.25, 0.3) is 0 Å². The largest absolute Gasteiger partial charge is 0.378 e. The van der Waals surface area contributed by atoms with Crippen molar-refractivity contribution < 1.29 is 4.74 Å². The van der Waals surface area contributed by atoms with E-state index in [0.29, 0.717) is 6.04 Å². The van der Waals surface area contributed by atoms with E-state index in [1.165, 1.54) is 32.1 Å². The predicted molar refractivity (Wildman–Crippen MR) is 96.0 cm³/mol. The van der Waals surface area contributed by atoms with Crippen molar-refractivity contribution in [2.75, 3.05) is 42.6 Å². The molecule has 0 amide bonds. The summed E-state index contributed by atoms with van der Waals surface area (Å²) in [4.78, 5) is 18.8. The van der Waals surface area contributed by atoms with Gasteiger partial charge in [0.1, 0.15) is 11.0 Å². The quantitative estimate of drug-likeness (QED) is 0.834. The van der Waals surface area contributed by atoms with E-state index < -0.39 is 0 Å². The topological polar surface area (TPSA) is 54.4 Å². The van der Waals surface area contributed by atoms with E-state index in [1.54, 1.807) is 17.7 Å². The van der Waals surface area contributed by atoms with Crippen LogP contribution in [-0.2, 0) is 4.74 Å². The highest BCUT2D eigenvalue weighted by atomic mass is 32.1. The number of nitrogens with zero attached hydrogens (tertiary/aromatic N) is 5. The molecule has 0 bridgehead atoms. The summed E-state index contributed by atoms with van der Waals surface area (Å²) in [6.07, 6.45) is 8.45. The van der Waals surface area contributed by atoms with Crippen molar-refractivity contribution in [3.63, 3.8) is 0 Å². The number of rotatable bonds is 2. The first-order valence-corrected chi connectivity index (χ1v) is 9.93. The first-order valence-electron chi connectivity index (χ1n) is 9.11. The molecule has 2 saturated heterocycles. The Labute approximate surface area is 145 Å². The van der Waals surface area contributed by atoms with Crippen LogP contribution in [0.5, 0.6) is 0 Å². The van der Waals surface area contributed by atoms with Gasteiger partial charge in [0, 0.05) is 25.7 Å². The van der Waals surface area contributed by atoms with E-state index in [4.69, 9.17) is 9.72 Å². The Morgan fingerprint density at radius 2 is 1.92 bits per heavy atom. The molecule has 2 aliphatic heterocycles. The fourth-order valence-corrected chi connectivity index (χ4v) is 5.57. The Morgan fingerprint density at radius 3 is 2.83 bits per heavy atom. The average molecular weight is 345 g/mol. The normalized spacial score (nSPS) is 27.7. The van der Waals surface area contributed by atoms with Gasteiger partial charge in [-0.2, -0.15) is 4.98 Å². The fraction of sp³-hybridized carbons (Fsp3) is 0.706.